The molecule has 2 aromatic heterocycles. The Morgan fingerprint density at radius 1 is 1.22 bits per heavy atom. The summed E-state index contributed by atoms with van der Waals surface area (Å²) in [5.41, 5.74) is -1.49. The van der Waals surface area contributed by atoms with Gasteiger partial charge in [0, 0.05) is 30.4 Å². The molecule has 0 spiro atoms. The third-order valence-corrected chi connectivity index (χ3v) is 5.74. The van der Waals surface area contributed by atoms with E-state index < -0.39 is 22.5 Å². The van der Waals surface area contributed by atoms with Crippen LogP contribution < -0.4 is 5.56 Å². The molecule has 164 valence electrons. The minimum Gasteiger partial charge on any atom is -0.337 e. The second-order valence-corrected chi connectivity index (χ2v) is 7.87. The lowest BCUT2D eigenvalue weighted by Gasteiger charge is -2.29. The highest BCUT2D eigenvalue weighted by atomic mass is 35.5. The number of alkyl halides is 3. The van der Waals surface area contributed by atoms with Gasteiger partial charge in [-0.1, -0.05) is 23.7 Å². The zero-order chi connectivity index (χ0) is 23.0. The quantitative estimate of drug-likeness (QED) is 0.567. The number of piperidine rings is 1. The number of carbonyl (C=O) groups excluding carboxylic acids is 1. The third-order valence-electron chi connectivity index (χ3n) is 5.40. The van der Waals surface area contributed by atoms with Crippen LogP contribution in [-0.2, 0) is 6.18 Å². The van der Waals surface area contributed by atoms with Gasteiger partial charge < -0.3 is 4.90 Å². The second kappa shape index (κ2) is 8.28. The zero-order valence-electron chi connectivity index (χ0n) is 16.6. The summed E-state index contributed by atoms with van der Waals surface area (Å²) in [6.45, 7) is 0.935. The number of aromatic nitrogens is 2. The molecule has 1 aromatic carbocycles. The third kappa shape index (κ3) is 3.94. The van der Waals surface area contributed by atoms with Crippen LogP contribution in [-0.4, -0.2) is 33.3 Å². The van der Waals surface area contributed by atoms with Gasteiger partial charge in [-0.2, -0.15) is 18.4 Å². The lowest BCUT2D eigenvalue weighted by atomic mass is 9.98. The molecular weight excluding hydrogens is 445 g/mol. The number of hydrogen-bond donors (Lipinski definition) is 0. The van der Waals surface area contributed by atoms with Gasteiger partial charge in [0.25, 0.3) is 11.5 Å². The Morgan fingerprint density at radius 3 is 2.59 bits per heavy atom. The van der Waals surface area contributed by atoms with Crippen molar-refractivity contribution in [1.29, 1.82) is 5.26 Å². The summed E-state index contributed by atoms with van der Waals surface area (Å²) in [5, 5.41) is 8.12. The van der Waals surface area contributed by atoms with Gasteiger partial charge >= 0.3 is 6.18 Å². The average Bonchev–Trinajstić information content (AvgIpc) is 2.80. The molecule has 1 aliphatic heterocycles. The molecule has 1 amide bonds. The van der Waals surface area contributed by atoms with Crippen molar-refractivity contribution >= 4 is 23.2 Å². The van der Waals surface area contributed by atoms with Crippen molar-refractivity contribution in [3.63, 3.8) is 0 Å². The van der Waals surface area contributed by atoms with Crippen molar-refractivity contribution in [3.05, 3.63) is 69.2 Å². The first-order chi connectivity index (χ1) is 15.2. The molecule has 1 unspecified atom stereocenters. The molecule has 0 bridgehead atoms. The fourth-order valence-electron chi connectivity index (χ4n) is 3.80. The molecule has 32 heavy (non-hydrogen) atoms. The molecule has 0 radical (unpaired) electrons. The standard InChI is InChI=1S/C22H16ClF3N4O2/c23-17-18(22(24,25)26)28-19-16(4-2-10-30(19)21(17)32)14-5-7-15(8-6-14)20(31)29-9-1-3-13(11-27)12-29/h2,4-8,10,13H,1,3,9,12H2. The van der Waals surface area contributed by atoms with Crippen molar-refractivity contribution in [2.45, 2.75) is 19.0 Å². The maximum Gasteiger partial charge on any atom is 0.435 e. The minimum absolute atomic E-state index is 0.193. The van der Waals surface area contributed by atoms with E-state index in [4.69, 9.17) is 16.9 Å². The van der Waals surface area contributed by atoms with E-state index >= 15 is 0 Å². The number of rotatable bonds is 2. The van der Waals surface area contributed by atoms with Crippen molar-refractivity contribution in [3.8, 4) is 17.2 Å². The van der Waals surface area contributed by atoms with E-state index in [0.29, 0.717) is 24.2 Å². The Kier molecular flexibility index (Phi) is 5.65. The molecule has 3 heterocycles. The number of fused-ring (bicyclic) bond motifs is 1. The number of benzene rings is 1. The maximum absolute atomic E-state index is 13.3. The van der Waals surface area contributed by atoms with Crippen molar-refractivity contribution < 1.29 is 18.0 Å². The van der Waals surface area contributed by atoms with Crippen LogP contribution >= 0.6 is 11.6 Å². The zero-order valence-corrected chi connectivity index (χ0v) is 17.3. The molecule has 1 aliphatic rings. The van der Waals surface area contributed by atoms with Crippen molar-refractivity contribution in [1.82, 2.24) is 14.3 Å². The van der Waals surface area contributed by atoms with E-state index in [1.54, 1.807) is 29.2 Å². The lowest BCUT2D eigenvalue weighted by Crippen LogP contribution is -2.39. The summed E-state index contributed by atoms with van der Waals surface area (Å²) in [7, 11) is 0. The number of carbonyl (C=O) groups is 1. The Morgan fingerprint density at radius 2 is 1.94 bits per heavy atom. The van der Waals surface area contributed by atoms with E-state index in [2.05, 4.69) is 11.1 Å². The molecular formula is C22H16ClF3N4O2. The van der Waals surface area contributed by atoms with Crippen LogP contribution in [0.4, 0.5) is 13.2 Å². The highest BCUT2D eigenvalue weighted by Gasteiger charge is 2.37. The smallest absolute Gasteiger partial charge is 0.337 e. The summed E-state index contributed by atoms with van der Waals surface area (Å²) in [4.78, 5) is 30.4. The monoisotopic (exact) mass is 460 g/mol. The highest BCUT2D eigenvalue weighted by Crippen LogP contribution is 2.33. The van der Waals surface area contributed by atoms with Crippen LogP contribution in [0.2, 0.25) is 5.02 Å². The first-order valence-electron chi connectivity index (χ1n) is 9.78. The molecule has 6 nitrogen and oxygen atoms in total. The van der Waals surface area contributed by atoms with Gasteiger partial charge in [0.05, 0.1) is 12.0 Å². The van der Waals surface area contributed by atoms with E-state index in [1.807, 2.05) is 0 Å². The highest BCUT2D eigenvalue weighted by molar-refractivity contribution is 6.31. The van der Waals surface area contributed by atoms with E-state index in [1.165, 1.54) is 18.3 Å². The van der Waals surface area contributed by atoms with Gasteiger partial charge in [0.2, 0.25) is 0 Å². The summed E-state index contributed by atoms with van der Waals surface area (Å²) >= 11 is 5.63. The molecule has 1 atom stereocenters. The van der Waals surface area contributed by atoms with E-state index in [0.717, 1.165) is 17.2 Å². The topological polar surface area (TPSA) is 78.5 Å². The summed E-state index contributed by atoms with van der Waals surface area (Å²) in [5.74, 6) is -0.406. The van der Waals surface area contributed by atoms with Gasteiger partial charge in [0.1, 0.15) is 10.7 Å². The van der Waals surface area contributed by atoms with Crippen LogP contribution in [0.1, 0.15) is 28.9 Å². The summed E-state index contributed by atoms with van der Waals surface area (Å²) in [6, 6.07) is 11.5. The Balaban J connectivity index is 1.72. The van der Waals surface area contributed by atoms with Crippen LogP contribution in [0.25, 0.3) is 16.8 Å². The Hall–Kier alpha value is -3.38. The molecule has 3 aromatic rings. The number of nitrogens with zero attached hydrogens (tertiary/aromatic N) is 4. The summed E-state index contributed by atoms with van der Waals surface area (Å²) < 4.78 is 40.9. The first kappa shape index (κ1) is 21.8. The molecule has 1 saturated heterocycles. The predicted octanol–water partition coefficient (Wildman–Crippen LogP) is 4.41. The number of nitriles is 1. The lowest BCUT2D eigenvalue weighted by molar-refractivity contribution is -0.141. The first-order valence-corrected chi connectivity index (χ1v) is 10.2. The fraction of sp³-hybridized carbons (Fsp3) is 0.273. The van der Waals surface area contributed by atoms with Crippen LogP contribution in [0.5, 0.6) is 0 Å². The Bertz CT molecular complexity index is 1300. The van der Waals surface area contributed by atoms with Gasteiger partial charge in [-0.05, 0) is 42.7 Å². The number of amides is 1. The maximum atomic E-state index is 13.3. The van der Waals surface area contributed by atoms with E-state index in [-0.39, 0.29) is 23.0 Å². The van der Waals surface area contributed by atoms with Crippen molar-refractivity contribution in [2.24, 2.45) is 5.92 Å². The molecule has 0 N–H and O–H groups in total. The number of hydrogen-bond acceptors (Lipinski definition) is 4. The molecule has 0 saturated carbocycles. The van der Waals surface area contributed by atoms with Gasteiger partial charge in [-0.3, -0.25) is 14.0 Å². The van der Waals surface area contributed by atoms with Crippen molar-refractivity contribution in [2.75, 3.05) is 13.1 Å². The fourth-order valence-corrected chi connectivity index (χ4v) is 4.04. The number of likely N-dealkylation sites (tertiary alicyclic amines) is 1. The van der Waals surface area contributed by atoms with Gasteiger partial charge in [-0.25, -0.2) is 4.98 Å². The normalized spacial score (nSPS) is 16.7. The average molecular weight is 461 g/mol. The predicted molar refractivity (Wildman–Crippen MR) is 111 cm³/mol. The summed E-state index contributed by atoms with van der Waals surface area (Å²) in [6.07, 6.45) is -2.08. The SMILES string of the molecule is N#CC1CCCN(C(=O)c2ccc(-c3cccn4c(=O)c(Cl)c(C(F)(F)F)nc34)cc2)C1. The number of pyridine rings is 1. The second-order valence-electron chi connectivity index (χ2n) is 7.49. The molecule has 0 aliphatic carbocycles. The van der Waals surface area contributed by atoms with Gasteiger partial charge in [-0.15, -0.1) is 0 Å². The van der Waals surface area contributed by atoms with Gasteiger partial charge in [0.15, 0.2) is 5.69 Å². The van der Waals surface area contributed by atoms with Crippen LogP contribution in [0, 0.1) is 17.2 Å². The van der Waals surface area contributed by atoms with Crippen LogP contribution in [0.15, 0.2) is 47.4 Å². The number of halogens is 4. The van der Waals surface area contributed by atoms with Crippen LogP contribution in [0.3, 0.4) is 0 Å². The minimum atomic E-state index is -4.88. The molecule has 4 rings (SSSR count). The molecule has 10 heteroatoms. The molecule has 1 fully saturated rings. The largest absolute Gasteiger partial charge is 0.435 e. The van der Waals surface area contributed by atoms with E-state index in [9.17, 15) is 22.8 Å². The Labute approximate surface area is 185 Å².